The van der Waals surface area contributed by atoms with Gasteiger partial charge < -0.3 is 9.64 Å². The van der Waals surface area contributed by atoms with Crippen molar-refractivity contribution in [2.24, 2.45) is 0 Å². The lowest BCUT2D eigenvalue weighted by atomic mass is 10.1. The fourth-order valence-electron chi connectivity index (χ4n) is 2.94. The molecule has 0 radical (unpaired) electrons. The molecule has 1 N–H and O–H groups in total. The minimum absolute atomic E-state index is 0.00193. The Morgan fingerprint density at radius 2 is 1.82 bits per heavy atom. The predicted molar refractivity (Wildman–Crippen MR) is 88.6 cm³/mol. The van der Waals surface area contributed by atoms with Crippen LogP contribution in [0.2, 0.25) is 0 Å². The average Bonchev–Trinajstić information content (AvgIpc) is 3.03. The number of hydrogen-bond acceptors (Lipinski definition) is 4. The normalized spacial score (nSPS) is 17.8. The third kappa shape index (κ3) is 4.21. The molecule has 1 aromatic rings. The number of nitrogens with one attached hydrogen (secondary N) is 1. The van der Waals surface area contributed by atoms with Gasteiger partial charge >= 0.3 is 0 Å². The van der Waals surface area contributed by atoms with Crippen molar-refractivity contribution < 1.29 is 13.2 Å². The van der Waals surface area contributed by atoms with E-state index in [2.05, 4.69) is 4.72 Å². The Balaban J connectivity index is 2.05. The van der Waals surface area contributed by atoms with E-state index in [0.717, 1.165) is 37.0 Å². The second-order valence-electron chi connectivity index (χ2n) is 6.05. The molecule has 0 aliphatic heterocycles. The molecule has 1 saturated carbocycles. The summed E-state index contributed by atoms with van der Waals surface area (Å²) in [7, 11) is 2.34. The highest BCUT2D eigenvalue weighted by atomic mass is 32.2. The van der Waals surface area contributed by atoms with Gasteiger partial charge in [0.15, 0.2) is 0 Å². The summed E-state index contributed by atoms with van der Waals surface area (Å²) in [5.74, 6) is 0.799. The number of likely N-dealkylation sites (N-methyl/N-ethyl adjacent to an activating group) is 1. The highest BCUT2D eigenvalue weighted by Gasteiger charge is 2.29. The molecule has 0 aromatic heterocycles. The van der Waals surface area contributed by atoms with Crippen molar-refractivity contribution in [2.75, 3.05) is 27.7 Å². The number of benzene rings is 1. The van der Waals surface area contributed by atoms with Gasteiger partial charge in [-0.25, -0.2) is 13.1 Å². The Hall–Kier alpha value is -1.11. The van der Waals surface area contributed by atoms with Crippen molar-refractivity contribution in [2.45, 2.75) is 37.0 Å². The Morgan fingerprint density at radius 1 is 1.23 bits per heavy atom. The van der Waals surface area contributed by atoms with Gasteiger partial charge in [0.25, 0.3) is 0 Å². The number of sulfonamides is 1. The third-order valence-electron chi connectivity index (χ3n) is 4.34. The maximum atomic E-state index is 12.3. The molecule has 1 fully saturated rings. The summed E-state index contributed by atoms with van der Waals surface area (Å²) in [5, 5.41) is -0.217. The molecule has 124 valence electrons. The van der Waals surface area contributed by atoms with Crippen LogP contribution in [0, 0.1) is 0 Å². The molecule has 0 bridgehead atoms. The van der Waals surface area contributed by atoms with Gasteiger partial charge in [0.2, 0.25) is 10.0 Å². The zero-order valence-corrected chi connectivity index (χ0v) is 14.4. The summed E-state index contributed by atoms with van der Waals surface area (Å²) in [6, 6.07) is 7.76. The summed E-state index contributed by atoms with van der Waals surface area (Å²) >= 11 is 0. The molecule has 2 rings (SSSR count). The molecule has 5 nitrogen and oxygen atoms in total. The van der Waals surface area contributed by atoms with Crippen LogP contribution in [0.15, 0.2) is 24.3 Å². The van der Waals surface area contributed by atoms with Gasteiger partial charge in [0, 0.05) is 12.6 Å². The summed E-state index contributed by atoms with van der Waals surface area (Å²) in [6.07, 6.45) is 3.59. The van der Waals surface area contributed by atoms with Gasteiger partial charge in [-0.2, -0.15) is 0 Å². The minimum atomic E-state index is -3.21. The van der Waals surface area contributed by atoms with Gasteiger partial charge in [-0.15, -0.1) is 0 Å². The van der Waals surface area contributed by atoms with Crippen LogP contribution in [-0.4, -0.2) is 46.3 Å². The van der Waals surface area contributed by atoms with E-state index in [-0.39, 0.29) is 11.3 Å². The molecule has 1 aliphatic carbocycles. The lowest BCUT2D eigenvalue weighted by Gasteiger charge is -2.26. The monoisotopic (exact) mass is 326 g/mol. The number of rotatable bonds is 7. The summed E-state index contributed by atoms with van der Waals surface area (Å²) in [6.45, 7) is 0.387. The first-order chi connectivity index (χ1) is 10.4. The van der Waals surface area contributed by atoms with Crippen LogP contribution in [-0.2, 0) is 10.0 Å². The van der Waals surface area contributed by atoms with E-state index in [9.17, 15) is 8.42 Å². The van der Waals surface area contributed by atoms with E-state index >= 15 is 0 Å². The minimum Gasteiger partial charge on any atom is -0.497 e. The lowest BCUT2D eigenvalue weighted by molar-refractivity contribution is 0.299. The van der Waals surface area contributed by atoms with E-state index in [4.69, 9.17) is 4.74 Å². The van der Waals surface area contributed by atoms with Crippen molar-refractivity contribution in [1.82, 2.24) is 9.62 Å². The molecule has 1 unspecified atom stereocenters. The molecular formula is C16H26N2O3S. The van der Waals surface area contributed by atoms with Crippen LogP contribution < -0.4 is 9.46 Å². The largest absolute Gasteiger partial charge is 0.497 e. The quantitative estimate of drug-likeness (QED) is 0.834. The first kappa shape index (κ1) is 17.2. The Labute approximate surface area is 133 Å². The molecule has 1 aliphatic rings. The second-order valence-corrected chi connectivity index (χ2v) is 8.10. The Bertz CT molecular complexity index is 564. The van der Waals surface area contributed by atoms with Crippen molar-refractivity contribution in [3.8, 4) is 5.75 Å². The predicted octanol–water partition coefficient (Wildman–Crippen LogP) is 2.16. The molecule has 1 atom stereocenters. The smallest absolute Gasteiger partial charge is 0.214 e. The standard InChI is InChI=1S/C16H26N2O3S/c1-18(2)16(13-8-10-14(21-3)11-9-13)12-17-22(19,20)15-6-4-5-7-15/h8-11,15-17H,4-7,12H2,1-3H3. The number of hydrogen-bond donors (Lipinski definition) is 1. The summed E-state index contributed by atoms with van der Waals surface area (Å²) < 4.78 is 32.7. The van der Waals surface area contributed by atoms with Crippen LogP contribution in [0.1, 0.15) is 37.3 Å². The summed E-state index contributed by atoms with van der Waals surface area (Å²) in [4.78, 5) is 2.03. The topological polar surface area (TPSA) is 58.6 Å². The lowest BCUT2D eigenvalue weighted by Crippen LogP contribution is -2.38. The van der Waals surface area contributed by atoms with Gasteiger partial charge in [-0.3, -0.25) is 0 Å². The maximum Gasteiger partial charge on any atom is 0.214 e. The van der Waals surface area contributed by atoms with Gasteiger partial charge in [0.1, 0.15) is 5.75 Å². The van der Waals surface area contributed by atoms with E-state index in [1.807, 2.05) is 43.3 Å². The summed E-state index contributed by atoms with van der Waals surface area (Å²) in [5.41, 5.74) is 1.07. The first-order valence-corrected chi connectivity index (χ1v) is 9.27. The van der Waals surface area contributed by atoms with Crippen LogP contribution in [0.4, 0.5) is 0 Å². The average molecular weight is 326 g/mol. The highest BCUT2D eigenvalue weighted by Crippen LogP contribution is 2.25. The van der Waals surface area contributed by atoms with Crippen LogP contribution in [0.3, 0.4) is 0 Å². The van der Waals surface area contributed by atoms with Crippen LogP contribution >= 0.6 is 0 Å². The number of methoxy groups -OCH3 is 1. The van der Waals surface area contributed by atoms with Crippen molar-refractivity contribution in [3.05, 3.63) is 29.8 Å². The SMILES string of the molecule is COc1ccc(C(CNS(=O)(=O)C2CCCC2)N(C)C)cc1. The van der Waals surface area contributed by atoms with Crippen molar-refractivity contribution >= 4 is 10.0 Å². The van der Waals surface area contributed by atoms with Crippen LogP contribution in [0.25, 0.3) is 0 Å². The number of ether oxygens (including phenoxy) is 1. The fourth-order valence-corrected chi connectivity index (χ4v) is 4.52. The van der Waals surface area contributed by atoms with E-state index in [1.54, 1.807) is 7.11 Å². The molecule has 6 heteroatoms. The molecular weight excluding hydrogens is 300 g/mol. The molecule has 0 saturated heterocycles. The molecule has 1 aromatic carbocycles. The Morgan fingerprint density at radius 3 is 2.32 bits per heavy atom. The molecule has 22 heavy (non-hydrogen) atoms. The number of nitrogens with zero attached hydrogens (tertiary/aromatic N) is 1. The molecule has 0 amide bonds. The second kappa shape index (κ2) is 7.44. The van der Waals surface area contributed by atoms with Gasteiger partial charge in [-0.05, 0) is 44.6 Å². The van der Waals surface area contributed by atoms with Crippen molar-refractivity contribution in [1.29, 1.82) is 0 Å². The molecule has 0 heterocycles. The fraction of sp³-hybridized carbons (Fsp3) is 0.625. The zero-order chi connectivity index (χ0) is 16.2. The first-order valence-electron chi connectivity index (χ1n) is 7.73. The Kier molecular flexibility index (Phi) is 5.83. The van der Waals surface area contributed by atoms with Crippen molar-refractivity contribution in [3.63, 3.8) is 0 Å². The highest BCUT2D eigenvalue weighted by molar-refractivity contribution is 7.90. The zero-order valence-electron chi connectivity index (χ0n) is 13.6. The van der Waals surface area contributed by atoms with Gasteiger partial charge in [-0.1, -0.05) is 25.0 Å². The van der Waals surface area contributed by atoms with Crippen LogP contribution in [0.5, 0.6) is 5.75 Å². The third-order valence-corrected chi connectivity index (χ3v) is 6.26. The van der Waals surface area contributed by atoms with E-state index < -0.39 is 10.0 Å². The maximum absolute atomic E-state index is 12.3. The van der Waals surface area contributed by atoms with E-state index in [1.165, 1.54) is 0 Å². The molecule has 0 spiro atoms. The van der Waals surface area contributed by atoms with E-state index in [0.29, 0.717) is 6.54 Å². The van der Waals surface area contributed by atoms with Gasteiger partial charge in [0.05, 0.1) is 12.4 Å².